The van der Waals surface area contributed by atoms with E-state index in [1.54, 1.807) is 12.3 Å². The Morgan fingerprint density at radius 3 is 3.10 bits per heavy atom. The predicted molar refractivity (Wildman–Crippen MR) is 74.0 cm³/mol. The molecule has 1 aromatic rings. The van der Waals surface area contributed by atoms with Crippen molar-refractivity contribution in [3.63, 3.8) is 0 Å². The standard InChI is InChI=1S/C12H19N3O4S/c1-2-13-12-11(4-3-5-14-12)20(17,18)15-6-7-19-10(8-15)9-16/h3-5,10,16H,2,6-9H2,1H3,(H,13,14). The van der Waals surface area contributed by atoms with Gasteiger partial charge in [0.2, 0.25) is 10.0 Å². The van der Waals surface area contributed by atoms with E-state index in [9.17, 15) is 8.42 Å². The SMILES string of the molecule is CCNc1ncccc1S(=O)(=O)N1CCOC(CO)C1. The Morgan fingerprint density at radius 2 is 2.40 bits per heavy atom. The molecule has 8 heteroatoms. The third kappa shape index (κ3) is 3.09. The second kappa shape index (κ2) is 6.49. The molecule has 7 nitrogen and oxygen atoms in total. The lowest BCUT2D eigenvalue weighted by Gasteiger charge is -2.31. The maximum Gasteiger partial charge on any atom is 0.246 e. The Bertz CT molecular complexity index is 549. The number of aromatic nitrogens is 1. The summed E-state index contributed by atoms with van der Waals surface area (Å²) in [6.07, 6.45) is 1.07. The summed E-state index contributed by atoms with van der Waals surface area (Å²) in [6.45, 7) is 2.97. The Kier molecular flexibility index (Phi) is 4.92. The van der Waals surface area contributed by atoms with Crippen LogP contribution in [0.5, 0.6) is 0 Å². The van der Waals surface area contributed by atoms with Crippen LogP contribution in [-0.4, -0.2) is 61.8 Å². The number of hydrogen-bond acceptors (Lipinski definition) is 6. The second-order valence-corrected chi connectivity index (χ2v) is 6.33. The molecule has 1 aromatic heterocycles. The predicted octanol–water partition coefficient (Wildman–Crippen LogP) is -0.105. The average molecular weight is 301 g/mol. The fraction of sp³-hybridized carbons (Fsp3) is 0.583. The highest BCUT2D eigenvalue weighted by atomic mass is 32.2. The van der Waals surface area contributed by atoms with Crippen LogP contribution in [0.15, 0.2) is 23.2 Å². The van der Waals surface area contributed by atoms with Crippen molar-refractivity contribution in [1.82, 2.24) is 9.29 Å². The zero-order valence-corrected chi connectivity index (χ0v) is 12.1. The molecule has 0 spiro atoms. The highest BCUT2D eigenvalue weighted by Crippen LogP contribution is 2.23. The number of morpholine rings is 1. The van der Waals surface area contributed by atoms with Gasteiger partial charge in [0.05, 0.1) is 19.3 Å². The van der Waals surface area contributed by atoms with Crippen molar-refractivity contribution in [3.8, 4) is 0 Å². The Hall–Kier alpha value is -1.22. The molecule has 1 aliphatic heterocycles. The fourth-order valence-electron chi connectivity index (χ4n) is 2.06. The number of pyridine rings is 1. The van der Waals surface area contributed by atoms with Crippen LogP contribution in [0.3, 0.4) is 0 Å². The Balaban J connectivity index is 2.30. The summed E-state index contributed by atoms with van der Waals surface area (Å²) in [4.78, 5) is 4.22. The van der Waals surface area contributed by atoms with Crippen molar-refractivity contribution >= 4 is 15.8 Å². The quantitative estimate of drug-likeness (QED) is 0.789. The highest BCUT2D eigenvalue weighted by Gasteiger charge is 2.32. The summed E-state index contributed by atoms with van der Waals surface area (Å²) in [5, 5.41) is 12.1. The first-order valence-electron chi connectivity index (χ1n) is 6.51. The minimum Gasteiger partial charge on any atom is -0.394 e. The molecule has 0 bridgehead atoms. The summed E-state index contributed by atoms with van der Waals surface area (Å²) in [7, 11) is -3.64. The van der Waals surface area contributed by atoms with E-state index in [0.717, 1.165) is 0 Å². The molecule has 1 unspecified atom stereocenters. The minimum atomic E-state index is -3.64. The maximum absolute atomic E-state index is 12.7. The number of aliphatic hydroxyl groups excluding tert-OH is 1. The van der Waals surface area contributed by atoms with Crippen LogP contribution in [-0.2, 0) is 14.8 Å². The van der Waals surface area contributed by atoms with E-state index >= 15 is 0 Å². The van der Waals surface area contributed by atoms with E-state index in [2.05, 4.69) is 10.3 Å². The summed E-state index contributed by atoms with van der Waals surface area (Å²) in [5.74, 6) is 0.349. The summed E-state index contributed by atoms with van der Waals surface area (Å²) < 4.78 is 31.9. The number of rotatable bonds is 5. The number of anilines is 1. The molecule has 2 N–H and O–H groups in total. The van der Waals surface area contributed by atoms with E-state index in [1.807, 2.05) is 6.92 Å². The molecule has 1 saturated heterocycles. The number of nitrogens with zero attached hydrogens (tertiary/aromatic N) is 2. The van der Waals surface area contributed by atoms with E-state index in [1.165, 1.54) is 10.4 Å². The van der Waals surface area contributed by atoms with Crippen molar-refractivity contribution in [3.05, 3.63) is 18.3 Å². The summed E-state index contributed by atoms with van der Waals surface area (Å²) in [5.41, 5.74) is 0. The molecule has 0 amide bonds. The van der Waals surface area contributed by atoms with Gasteiger partial charge in [-0.15, -0.1) is 0 Å². The van der Waals surface area contributed by atoms with Gasteiger partial charge in [-0.1, -0.05) is 0 Å². The molecule has 2 rings (SSSR count). The Labute approximate surface area is 118 Å². The molecule has 0 aromatic carbocycles. The number of nitrogens with one attached hydrogen (secondary N) is 1. The third-order valence-corrected chi connectivity index (χ3v) is 4.93. The zero-order valence-electron chi connectivity index (χ0n) is 11.3. The molecule has 0 saturated carbocycles. The summed E-state index contributed by atoms with van der Waals surface area (Å²) in [6, 6.07) is 3.13. The molecule has 1 atom stereocenters. The molecule has 0 aliphatic carbocycles. The molecule has 0 radical (unpaired) electrons. The lowest BCUT2D eigenvalue weighted by atomic mass is 10.3. The van der Waals surface area contributed by atoms with E-state index in [4.69, 9.17) is 9.84 Å². The molecule has 112 valence electrons. The van der Waals surface area contributed by atoms with Gasteiger partial charge >= 0.3 is 0 Å². The van der Waals surface area contributed by atoms with Crippen molar-refractivity contribution in [2.75, 3.05) is 38.2 Å². The van der Waals surface area contributed by atoms with Crippen LogP contribution in [0, 0.1) is 0 Å². The van der Waals surface area contributed by atoms with Crippen molar-refractivity contribution in [2.24, 2.45) is 0 Å². The molecule has 20 heavy (non-hydrogen) atoms. The summed E-state index contributed by atoms with van der Waals surface area (Å²) >= 11 is 0. The molecule has 2 heterocycles. The van der Waals surface area contributed by atoms with E-state index < -0.39 is 16.1 Å². The van der Waals surface area contributed by atoms with Gasteiger partial charge in [-0.25, -0.2) is 13.4 Å². The van der Waals surface area contributed by atoms with Gasteiger partial charge < -0.3 is 15.2 Å². The zero-order chi connectivity index (χ0) is 14.6. The van der Waals surface area contributed by atoms with Gasteiger partial charge in [0, 0.05) is 25.8 Å². The van der Waals surface area contributed by atoms with Gasteiger partial charge in [0.25, 0.3) is 0 Å². The largest absolute Gasteiger partial charge is 0.394 e. The topological polar surface area (TPSA) is 91.8 Å². The first kappa shape index (κ1) is 15.2. The highest BCUT2D eigenvalue weighted by molar-refractivity contribution is 7.89. The maximum atomic E-state index is 12.7. The van der Waals surface area contributed by atoms with Crippen LogP contribution in [0.4, 0.5) is 5.82 Å². The number of hydrogen-bond donors (Lipinski definition) is 2. The number of ether oxygens (including phenoxy) is 1. The van der Waals surface area contributed by atoms with Crippen molar-refractivity contribution in [2.45, 2.75) is 17.9 Å². The molecule has 1 fully saturated rings. The Morgan fingerprint density at radius 1 is 1.60 bits per heavy atom. The normalized spacial score (nSPS) is 20.8. The van der Waals surface area contributed by atoms with Gasteiger partial charge in [0.1, 0.15) is 10.7 Å². The fourth-order valence-corrected chi connectivity index (χ4v) is 3.63. The van der Waals surface area contributed by atoms with Gasteiger partial charge in [-0.2, -0.15) is 4.31 Å². The lowest BCUT2D eigenvalue weighted by Crippen LogP contribution is -2.46. The number of aliphatic hydroxyl groups is 1. The van der Waals surface area contributed by atoms with Crippen LogP contribution in [0.2, 0.25) is 0 Å². The van der Waals surface area contributed by atoms with Crippen molar-refractivity contribution in [1.29, 1.82) is 0 Å². The first-order valence-corrected chi connectivity index (χ1v) is 7.95. The molecular formula is C12H19N3O4S. The smallest absolute Gasteiger partial charge is 0.246 e. The average Bonchev–Trinajstić information content (AvgIpc) is 2.48. The number of sulfonamides is 1. The lowest BCUT2D eigenvalue weighted by molar-refractivity contribution is -0.0304. The second-order valence-electron chi connectivity index (χ2n) is 4.42. The molecule has 1 aliphatic rings. The van der Waals surface area contributed by atoms with Gasteiger partial charge in [-0.05, 0) is 19.1 Å². The van der Waals surface area contributed by atoms with Crippen LogP contribution >= 0.6 is 0 Å². The van der Waals surface area contributed by atoms with E-state index in [0.29, 0.717) is 12.4 Å². The van der Waals surface area contributed by atoms with Crippen LogP contribution in [0.1, 0.15) is 6.92 Å². The van der Waals surface area contributed by atoms with Crippen LogP contribution in [0.25, 0.3) is 0 Å². The third-order valence-electron chi connectivity index (χ3n) is 3.04. The van der Waals surface area contributed by atoms with Crippen molar-refractivity contribution < 1.29 is 18.3 Å². The van der Waals surface area contributed by atoms with Crippen LogP contribution < -0.4 is 5.32 Å². The van der Waals surface area contributed by atoms with E-state index in [-0.39, 0.29) is 31.2 Å². The monoisotopic (exact) mass is 301 g/mol. The molecular weight excluding hydrogens is 282 g/mol. The van der Waals surface area contributed by atoms with Gasteiger partial charge in [0.15, 0.2) is 0 Å². The minimum absolute atomic E-state index is 0.152. The first-order chi connectivity index (χ1) is 9.59. The van der Waals surface area contributed by atoms with Gasteiger partial charge in [-0.3, -0.25) is 0 Å².